The zero-order chi connectivity index (χ0) is 12.3. The van der Waals surface area contributed by atoms with Crippen LogP contribution in [-0.4, -0.2) is 25.1 Å². The molecule has 0 unspecified atom stereocenters. The minimum atomic E-state index is 0.636. The molecule has 2 aromatic heterocycles. The summed E-state index contributed by atoms with van der Waals surface area (Å²) in [6.45, 7) is 3.87. The highest BCUT2D eigenvalue weighted by atomic mass is 32.2. The molecular weight excluding hydrogens is 238 g/mol. The molecule has 0 spiro atoms. The molecule has 0 saturated carbocycles. The Hall–Kier alpha value is -1.67. The van der Waals surface area contributed by atoms with E-state index >= 15 is 0 Å². The summed E-state index contributed by atoms with van der Waals surface area (Å²) in [5.74, 6) is 6.82. The molecule has 7 nitrogen and oxygen atoms in total. The van der Waals surface area contributed by atoms with E-state index in [2.05, 4.69) is 30.6 Å². The Morgan fingerprint density at radius 2 is 2.29 bits per heavy atom. The number of hydrogen-bond donors (Lipinski definition) is 3. The molecule has 2 rings (SSSR count). The van der Waals surface area contributed by atoms with Gasteiger partial charge in [0.2, 0.25) is 5.16 Å². The van der Waals surface area contributed by atoms with E-state index in [0.717, 1.165) is 22.8 Å². The minimum absolute atomic E-state index is 0.636. The lowest BCUT2D eigenvalue weighted by Crippen LogP contribution is -2.12. The first-order chi connectivity index (χ1) is 8.24. The largest absolute Gasteiger partial charge is 0.308 e. The lowest BCUT2D eigenvalue weighted by Gasteiger charge is -2.08. The van der Waals surface area contributed by atoms with Gasteiger partial charge in [0.1, 0.15) is 23.0 Å². The molecule has 90 valence electrons. The van der Waals surface area contributed by atoms with Crippen molar-refractivity contribution in [3.8, 4) is 0 Å². The number of aromatic amines is 1. The molecule has 0 aliphatic rings. The van der Waals surface area contributed by atoms with Crippen molar-refractivity contribution in [3.63, 3.8) is 0 Å². The van der Waals surface area contributed by atoms with Crippen LogP contribution in [0.15, 0.2) is 16.5 Å². The molecule has 0 amide bonds. The van der Waals surface area contributed by atoms with Gasteiger partial charge < -0.3 is 5.43 Å². The lowest BCUT2D eigenvalue weighted by molar-refractivity contribution is 0.924. The standard InChI is InChI=1S/C9H13N7S/c1-3-6-7(14-10)11-4-12-8(6)17-9-13-5(2)15-16-9/h4H,3,10H2,1-2H3,(H,11,12,14)(H,13,15,16). The molecule has 2 aromatic rings. The second-order valence-corrected chi connectivity index (χ2v) is 4.27. The Balaban J connectivity index is 2.32. The van der Waals surface area contributed by atoms with Gasteiger partial charge in [-0.2, -0.15) is 0 Å². The van der Waals surface area contributed by atoms with Gasteiger partial charge in [-0.25, -0.2) is 20.8 Å². The van der Waals surface area contributed by atoms with Crippen LogP contribution in [0, 0.1) is 6.92 Å². The summed E-state index contributed by atoms with van der Waals surface area (Å²) in [5.41, 5.74) is 3.53. The molecule has 4 N–H and O–H groups in total. The number of anilines is 1. The molecule has 8 heteroatoms. The molecule has 0 radical (unpaired) electrons. The predicted molar refractivity (Wildman–Crippen MR) is 64.5 cm³/mol. The smallest absolute Gasteiger partial charge is 0.214 e. The predicted octanol–water partition coefficient (Wildman–Crippen LogP) is 0.902. The third-order valence-corrected chi connectivity index (χ3v) is 3.07. The number of nitrogens with two attached hydrogens (primary N) is 1. The maximum atomic E-state index is 5.41. The number of nitrogen functional groups attached to an aromatic ring is 1. The highest BCUT2D eigenvalue weighted by Crippen LogP contribution is 2.28. The first-order valence-corrected chi connectivity index (χ1v) is 5.93. The molecular formula is C9H13N7S. The van der Waals surface area contributed by atoms with E-state index in [1.54, 1.807) is 0 Å². The Labute approximate surface area is 103 Å². The van der Waals surface area contributed by atoms with Gasteiger partial charge in [-0.15, -0.1) is 5.10 Å². The van der Waals surface area contributed by atoms with Crippen LogP contribution in [0.3, 0.4) is 0 Å². The number of rotatable bonds is 4. The first kappa shape index (κ1) is 11.8. The number of H-pyrrole nitrogens is 1. The summed E-state index contributed by atoms with van der Waals surface area (Å²) in [7, 11) is 0. The van der Waals surface area contributed by atoms with Crippen molar-refractivity contribution in [2.24, 2.45) is 5.84 Å². The number of nitrogens with zero attached hydrogens (tertiary/aromatic N) is 4. The fraction of sp³-hybridized carbons (Fsp3) is 0.333. The fourth-order valence-electron chi connectivity index (χ4n) is 1.38. The van der Waals surface area contributed by atoms with Crippen LogP contribution in [0.4, 0.5) is 5.82 Å². The van der Waals surface area contributed by atoms with Gasteiger partial charge in [0.15, 0.2) is 0 Å². The summed E-state index contributed by atoms with van der Waals surface area (Å²) in [6.07, 6.45) is 2.25. The topological polar surface area (TPSA) is 105 Å². The summed E-state index contributed by atoms with van der Waals surface area (Å²) in [6, 6.07) is 0. The monoisotopic (exact) mass is 251 g/mol. The molecule has 0 aromatic carbocycles. The minimum Gasteiger partial charge on any atom is -0.308 e. The number of aromatic nitrogens is 5. The normalized spacial score (nSPS) is 10.5. The first-order valence-electron chi connectivity index (χ1n) is 5.12. The maximum absolute atomic E-state index is 5.41. The lowest BCUT2D eigenvalue weighted by atomic mass is 10.2. The van der Waals surface area contributed by atoms with Gasteiger partial charge in [-0.05, 0) is 25.1 Å². The van der Waals surface area contributed by atoms with E-state index in [1.807, 2.05) is 13.8 Å². The van der Waals surface area contributed by atoms with Crippen molar-refractivity contribution in [1.82, 2.24) is 25.1 Å². The molecule has 17 heavy (non-hydrogen) atoms. The van der Waals surface area contributed by atoms with Crippen LogP contribution < -0.4 is 11.3 Å². The zero-order valence-electron chi connectivity index (χ0n) is 9.56. The molecule has 0 fully saturated rings. The summed E-state index contributed by atoms with van der Waals surface area (Å²) >= 11 is 1.39. The van der Waals surface area contributed by atoms with Crippen LogP contribution in [0.1, 0.15) is 18.3 Å². The Kier molecular flexibility index (Phi) is 3.55. The van der Waals surface area contributed by atoms with Crippen molar-refractivity contribution in [2.75, 3.05) is 5.43 Å². The highest BCUT2D eigenvalue weighted by Gasteiger charge is 2.12. The Morgan fingerprint density at radius 3 is 2.88 bits per heavy atom. The van der Waals surface area contributed by atoms with Crippen LogP contribution in [0.25, 0.3) is 0 Å². The average molecular weight is 251 g/mol. The third kappa shape index (κ3) is 2.53. The SMILES string of the molecule is CCc1c(NN)ncnc1Sc1n[nH]c(C)n1. The van der Waals surface area contributed by atoms with Gasteiger partial charge in [-0.3, -0.25) is 5.10 Å². The van der Waals surface area contributed by atoms with Crippen molar-refractivity contribution in [1.29, 1.82) is 0 Å². The molecule has 2 heterocycles. The van der Waals surface area contributed by atoms with Crippen molar-refractivity contribution >= 4 is 17.6 Å². The van der Waals surface area contributed by atoms with E-state index < -0.39 is 0 Å². The molecule has 0 bridgehead atoms. The second kappa shape index (κ2) is 5.11. The summed E-state index contributed by atoms with van der Waals surface area (Å²) < 4.78 is 0. The van der Waals surface area contributed by atoms with E-state index in [-0.39, 0.29) is 0 Å². The third-order valence-electron chi connectivity index (χ3n) is 2.16. The fourth-order valence-corrected chi connectivity index (χ4v) is 2.29. The second-order valence-electron chi connectivity index (χ2n) is 3.31. The van der Waals surface area contributed by atoms with Crippen LogP contribution >= 0.6 is 11.8 Å². The number of hydrogen-bond acceptors (Lipinski definition) is 7. The van der Waals surface area contributed by atoms with Gasteiger partial charge in [-0.1, -0.05) is 6.92 Å². The average Bonchev–Trinajstić information content (AvgIpc) is 2.74. The van der Waals surface area contributed by atoms with E-state index in [0.29, 0.717) is 11.0 Å². The number of hydrazine groups is 1. The maximum Gasteiger partial charge on any atom is 0.214 e. The molecule has 0 aliphatic heterocycles. The van der Waals surface area contributed by atoms with Gasteiger partial charge in [0.05, 0.1) is 0 Å². The number of aryl methyl sites for hydroxylation is 1. The molecule has 0 aliphatic carbocycles. The van der Waals surface area contributed by atoms with Gasteiger partial charge >= 0.3 is 0 Å². The quantitative estimate of drug-likeness (QED) is 0.421. The van der Waals surface area contributed by atoms with Crippen molar-refractivity contribution < 1.29 is 0 Å². The van der Waals surface area contributed by atoms with Gasteiger partial charge in [0.25, 0.3) is 0 Å². The Bertz CT molecular complexity index is 510. The molecule has 0 atom stereocenters. The highest BCUT2D eigenvalue weighted by molar-refractivity contribution is 7.99. The summed E-state index contributed by atoms with van der Waals surface area (Å²) in [4.78, 5) is 12.5. The van der Waals surface area contributed by atoms with E-state index in [4.69, 9.17) is 5.84 Å². The van der Waals surface area contributed by atoms with Gasteiger partial charge in [0, 0.05) is 5.56 Å². The van der Waals surface area contributed by atoms with Crippen LogP contribution in [0.2, 0.25) is 0 Å². The summed E-state index contributed by atoms with van der Waals surface area (Å²) in [5, 5.41) is 8.30. The van der Waals surface area contributed by atoms with E-state index in [1.165, 1.54) is 18.1 Å². The van der Waals surface area contributed by atoms with Crippen molar-refractivity contribution in [2.45, 2.75) is 30.5 Å². The van der Waals surface area contributed by atoms with Crippen LogP contribution in [-0.2, 0) is 6.42 Å². The van der Waals surface area contributed by atoms with E-state index in [9.17, 15) is 0 Å². The molecule has 0 saturated heterocycles. The Morgan fingerprint density at radius 1 is 1.47 bits per heavy atom. The van der Waals surface area contributed by atoms with Crippen LogP contribution in [0.5, 0.6) is 0 Å². The van der Waals surface area contributed by atoms with Crippen molar-refractivity contribution in [3.05, 3.63) is 17.7 Å². The zero-order valence-corrected chi connectivity index (χ0v) is 10.4. The number of nitrogens with one attached hydrogen (secondary N) is 2.